The molecule has 1 aliphatic heterocycles. The number of piperazine rings is 1. The summed E-state index contributed by atoms with van der Waals surface area (Å²) >= 11 is 0. The zero-order valence-electron chi connectivity index (χ0n) is 12.3. The number of nitrogens with one attached hydrogen (secondary N) is 1. The lowest BCUT2D eigenvalue weighted by molar-refractivity contribution is -0.151. The van der Waals surface area contributed by atoms with Crippen molar-refractivity contribution < 1.29 is 9.59 Å². The van der Waals surface area contributed by atoms with E-state index in [0.29, 0.717) is 11.8 Å². The summed E-state index contributed by atoms with van der Waals surface area (Å²) in [5.74, 6) is 1.05. The highest BCUT2D eigenvalue weighted by Crippen LogP contribution is 2.35. The number of carbonyl (C=O) groups is 2. The fourth-order valence-corrected chi connectivity index (χ4v) is 2.78. The van der Waals surface area contributed by atoms with Gasteiger partial charge in [0.15, 0.2) is 0 Å². The van der Waals surface area contributed by atoms with E-state index in [2.05, 4.69) is 26.1 Å². The lowest BCUT2D eigenvalue weighted by Gasteiger charge is -2.40. The van der Waals surface area contributed by atoms with Gasteiger partial charge in [-0.3, -0.25) is 9.59 Å². The van der Waals surface area contributed by atoms with Crippen LogP contribution in [0.2, 0.25) is 0 Å². The van der Waals surface area contributed by atoms with Crippen molar-refractivity contribution in [3.05, 3.63) is 0 Å². The maximum Gasteiger partial charge on any atom is 0.246 e. The van der Waals surface area contributed by atoms with E-state index in [-0.39, 0.29) is 23.9 Å². The molecular weight excluding hydrogens is 240 g/mol. The molecule has 2 rings (SSSR count). The largest absolute Gasteiger partial charge is 0.342 e. The van der Waals surface area contributed by atoms with Gasteiger partial charge in [0.05, 0.1) is 0 Å². The second-order valence-corrected chi connectivity index (χ2v) is 6.13. The third kappa shape index (κ3) is 3.10. The van der Waals surface area contributed by atoms with E-state index >= 15 is 0 Å². The van der Waals surface area contributed by atoms with Crippen molar-refractivity contribution in [3.63, 3.8) is 0 Å². The minimum absolute atomic E-state index is 0.0571. The summed E-state index contributed by atoms with van der Waals surface area (Å²) in [4.78, 5) is 26.7. The molecule has 0 bridgehead atoms. The number of rotatable bonds is 6. The van der Waals surface area contributed by atoms with Gasteiger partial charge < -0.3 is 10.2 Å². The summed E-state index contributed by atoms with van der Waals surface area (Å²) < 4.78 is 0. The monoisotopic (exact) mass is 266 g/mol. The van der Waals surface area contributed by atoms with E-state index in [4.69, 9.17) is 0 Å². The molecule has 108 valence electrons. The molecule has 0 radical (unpaired) electrons. The van der Waals surface area contributed by atoms with Gasteiger partial charge in [-0.2, -0.15) is 0 Å². The summed E-state index contributed by atoms with van der Waals surface area (Å²) in [6.07, 6.45) is 4.89. The molecule has 2 aliphatic rings. The molecule has 4 heteroatoms. The van der Waals surface area contributed by atoms with Crippen LogP contribution in [0.15, 0.2) is 0 Å². The first-order valence-corrected chi connectivity index (χ1v) is 7.69. The van der Waals surface area contributed by atoms with Gasteiger partial charge in [-0.15, -0.1) is 0 Å². The van der Waals surface area contributed by atoms with Crippen LogP contribution in [0.5, 0.6) is 0 Å². The average Bonchev–Trinajstić information content (AvgIpc) is 3.21. The summed E-state index contributed by atoms with van der Waals surface area (Å²) in [5.41, 5.74) is 0. The zero-order chi connectivity index (χ0) is 14.0. The smallest absolute Gasteiger partial charge is 0.246 e. The number of hydrogen-bond acceptors (Lipinski definition) is 2. The number of hydrogen-bond donors (Lipinski definition) is 1. The SMILES string of the molecule is CCCC1C(=O)NC(C2CC2)C(=O)N1CC(C)CC. The summed E-state index contributed by atoms with van der Waals surface area (Å²) in [6.45, 7) is 7.06. The van der Waals surface area contributed by atoms with Crippen LogP contribution in [0.25, 0.3) is 0 Å². The van der Waals surface area contributed by atoms with Crippen molar-refractivity contribution in [1.29, 1.82) is 0 Å². The Morgan fingerprint density at radius 1 is 1.32 bits per heavy atom. The molecule has 3 atom stereocenters. The van der Waals surface area contributed by atoms with Crippen molar-refractivity contribution in [2.45, 2.75) is 65.0 Å². The summed E-state index contributed by atoms with van der Waals surface area (Å²) in [6, 6.07) is -0.494. The van der Waals surface area contributed by atoms with Crippen LogP contribution in [0.4, 0.5) is 0 Å². The summed E-state index contributed by atoms with van der Waals surface area (Å²) in [5, 5.41) is 2.95. The molecular formula is C15H26N2O2. The molecule has 2 fully saturated rings. The first-order chi connectivity index (χ1) is 9.08. The lowest BCUT2D eigenvalue weighted by Crippen LogP contribution is -2.64. The van der Waals surface area contributed by atoms with Crippen LogP contribution >= 0.6 is 0 Å². The van der Waals surface area contributed by atoms with Crippen molar-refractivity contribution >= 4 is 11.8 Å². The van der Waals surface area contributed by atoms with Crippen molar-refractivity contribution in [2.75, 3.05) is 6.54 Å². The predicted molar refractivity (Wildman–Crippen MR) is 74.5 cm³/mol. The number of nitrogens with zero attached hydrogens (tertiary/aromatic N) is 1. The molecule has 1 saturated carbocycles. The minimum atomic E-state index is -0.249. The zero-order valence-corrected chi connectivity index (χ0v) is 12.3. The highest BCUT2D eigenvalue weighted by Gasteiger charge is 2.46. The van der Waals surface area contributed by atoms with Crippen molar-refractivity contribution in [1.82, 2.24) is 10.2 Å². The Bertz CT molecular complexity index is 352. The number of carbonyl (C=O) groups excluding carboxylic acids is 2. The maximum atomic E-state index is 12.6. The number of amides is 2. The van der Waals surface area contributed by atoms with E-state index in [0.717, 1.165) is 38.6 Å². The third-order valence-corrected chi connectivity index (χ3v) is 4.39. The molecule has 1 heterocycles. The van der Waals surface area contributed by atoms with Gasteiger partial charge in [0.25, 0.3) is 0 Å². The predicted octanol–water partition coefficient (Wildman–Crippen LogP) is 1.94. The minimum Gasteiger partial charge on any atom is -0.342 e. The first kappa shape index (κ1) is 14.4. The third-order valence-electron chi connectivity index (χ3n) is 4.39. The highest BCUT2D eigenvalue weighted by atomic mass is 16.2. The molecule has 0 spiro atoms. The Labute approximate surface area is 115 Å². The molecule has 0 aromatic heterocycles. The first-order valence-electron chi connectivity index (χ1n) is 7.69. The summed E-state index contributed by atoms with van der Waals surface area (Å²) in [7, 11) is 0. The topological polar surface area (TPSA) is 49.4 Å². The second kappa shape index (κ2) is 5.93. The second-order valence-electron chi connectivity index (χ2n) is 6.13. The Hall–Kier alpha value is -1.06. The molecule has 1 saturated heterocycles. The quantitative estimate of drug-likeness (QED) is 0.798. The average molecular weight is 266 g/mol. The fraction of sp³-hybridized carbons (Fsp3) is 0.867. The van der Waals surface area contributed by atoms with Crippen LogP contribution in [-0.4, -0.2) is 35.3 Å². The van der Waals surface area contributed by atoms with Crippen molar-refractivity contribution in [2.24, 2.45) is 11.8 Å². The van der Waals surface area contributed by atoms with Gasteiger partial charge in [0, 0.05) is 6.54 Å². The van der Waals surface area contributed by atoms with Gasteiger partial charge in [0.1, 0.15) is 12.1 Å². The fourth-order valence-electron chi connectivity index (χ4n) is 2.78. The Morgan fingerprint density at radius 3 is 2.53 bits per heavy atom. The van der Waals surface area contributed by atoms with Gasteiger partial charge in [0.2, 0.25) is 11.8 Å². The molecule has 2 amide bonds. The molecule has 0 aromatic carbocycles. The Kier molecular flexibility index (Phi) is 4.48. The van der Waals surface area contributed by atoms with E-state index < -0.39 is 0 Å². The van der Waals surface area contributed by atoms with Gasteiger partial charge >= 0.3 is 0 Å². The molecule has 1 aliphatic carbocycles. The van der Waals surface area contributed by atoms with Crippen LogP contribution < -0.4 is 5.32 Å². The van der Waals surface area contributed by atoms with Gasteiger partial charge in [-0.1, -0.05) is 33.6 Å². The van der Waals surface area contributed by atoms with E-state index in [1.54, 1.807) is 0 Å². The standard InChI is InChI=1S/C15H26N2O2/c1-4-6-12-14(18)16-13(11-7-8-11)15(19)17(12)9-10(3)5-2/h10-13H,4-9H2,1-3H3,(H,16,18). The van der Waals surface area contributed by atoms with E-state index in [1.807, 2.05) is 4.90 Å². The van der Waals surface area contributed by atoms with E-state index in [1.165, 1.54) is 0 Å². The van der Waals surface area contributed by atoms with Crippen LogP contribution in [0.3, 0.4) is 0 Å². The Balaban J connectivity index is 2.13. The molecule has 3 unspecified atom stereocenters. The van der Waals surface area contributed by atoms with Gasteiger partial charge in [-0.05, 0) is 31.1 Å². The Morgan fingerprint density at radius 2 is 2.00 bits per heavy atom. The van der Waals surface area contributed by atoms with Crippen LogP contribution in [0.1, 0.15) is 52.9 Å². The molecule has 1 N–H and O–H groups in total. The highest BCUT2D eigenvalue weighted by molar-refractivity contribution is 5.97. The normalized spacial score (nSPS) is 29.3. The molecule has 0 aromatic rings. The molecule has 19 heavy (non-hydrogen) atoms. The van der Waals surface area contributed by atoms with Crippen LogP contribution in [0, 0.1) is 11.8 Å². The molecule has 4 nitrogen and oxygen atoms in total. The van der Waals surface area contributed by atoms with Crippen molar-refractivity contribution in [3.8, 4) is 0 Å². The van der Waals surface area contributed by atoms with Gasteiger partial charge in [-0.25, -0.2) is 0 Å². The lowest BCUT2D eigenvalue weighted by atomic mass is 9.98. The van der Waals surface area contributed by atoms with E-state index in [9.17, 15) is 9.59 Å². The maximum absolute atomic E-state index is 12.6. The van der Waals surface area contributed by atoms with Crippen LogP contribution in [-0.2, 0) is 9.59 Å².